The number of rotatable bonds is 8. The summed E-state index contributed by atoms with van der Waals surface area (Å²) < 4.78 is 0. The second-order valence-electron chi connectivity index (χ2n) is 4.96. The molecule has 3 heteroatoms. The Morgan fingerprint density at radius 3 is 2.47 bits per heavy atom. The van der Waals surface area contributed by atoms with E-state index in [1.807, 2.05) is 11.8 Å². The van der Waals surface area contributed by atoms with Crippen LogP contribution in [0.25, 0.3) is 0 Å². The zero-order valence-electron chi connectivity index (χ0n) is 11.3. The van der Waals surface area contributed by atoms with Crippen LogP contribution in [0, 0.1) is 0 Å². The number of hydrogen-bond donors (Lipinski definition) is 1. The van der Waals surface area contributed by atoms with Crippen molar-refractivity contribution in [3.05, 3.63) is 0 Å². The first-order valence-corrected chi connectivity index (χ1v) is 7.26. The van der Waals surface area contributed by atoms with Gasteiger partial charge in [0, 0.05) is 18.1 Å². The summed E-state index contributed by atoms with van der Waals surface area (Å²) in [5, 5.41) is 3.52. The number of thioether (sulfide) groups is 1. The van der Waals surface area contributed by atoms with Crippen LogP contribution >= 0.6 is 11.8 Å². The number of likely N-dealkylation sites (N-methyl/N-ethyl adjacent to an activating group) is 2. The molecule has 0 saturated heterocycles. The second kappa shape index (κ2) is 7.53. The van der Waals surface area contributed by atoms with E-state index in [1.165, 1.54) is 12.2 Å². The van der Waals surface area contributed by atoms with Gasteiger partial charge in [-0.05, 0) is 52.8 Å². The normalized spacial score (nSPS) is 14.6. The fourth-order valence-corrected chi connectivity index (χ4v) is 2.40. The van der Waals surface area contributed by atoms with Crippen LogP contribution in [0.1, 0.15) is 34.1 Å². The molecule has 0 rings (SSSR count). The highest BCUT2D eigenvalue weighted by atomic mass is 32.2. The maximum atomic E-state index is 3.52. The van der Waals surface area contributed by atoms with Gasteiger partial charge in [0.1, 0.15) is 0 Å². The molecule has 0 fully saturated rings. The number of hydrogen-bond acceptors (Lipinski definition) is 3. The Bertz CT molecular complexity index is 160. The third-order valence-electron chi connectivity index (χ3n) is 2.79. The number of nitrogens with zero attached hydrogens (tertiary/aromatic N) is 1. The Morgan fingerprint density at radius 1 is 1.40 bits per heavy atom. The molecule has 2 nitrogen and oxygen atoms in total. The molecule has 0 aliphatic heterocycles. The summed E-state index contributed by atoms with van der Waals surface area (Å²) in [6.45, 7) is 11.2. The Labute approximate surface area is 100 Å². The maximum absolute atomic E-state index is 3.52. The quantitative estimate of drug-likeness (QED) is 0.692. The summed E-state index contributed by atoms with van der Waals surface area (Å²) in [4.78, 5) is 2.46. The van der Waals surface area contributed by atoms with Crippen LogP contribution in [0.2, 0.25) is 0 Å². The van der Waals surface area contributed by atoms with E-state index in [0.717, 1.165) is 13.1 Å². The van der Waals surface area contributed by atoms with Crippen LogP contribution in [0.4, 0.5) is 0 Å². The van der Waals surface area contributed by atoms with Crippen molar-refractivity contribution in [3.8, 4) is 0 Å². The van der Waals surface area contributed by atoms with Crippen LogP contribution in [-0.2, 0) is 0 Å². The zero-order valence-corrected chi connectivity index (χ0v) is 12.1. The highest BCUT2D eigenvalue weighted by molar-refractivity contribution is 7.98. The van der Waals surface area contributed by atoms with E-state index in [0.29, 0.717) is 6.04 Å². The predicted octanol–water partition coefficient (Wildman–Crippen LogP) is 2.45. The van der Waals surface area contributed by atoms with Crippen LogP contribution in [0.3, 0.4) is 0 Å². The standard InChI is InChI=1S/C12H28N2S/c1-7-13-12(3,4)10-14(5)11(2)8-9-15-6/h11,13H,7-10H2,1-6H3. The van der Waals surface area contributed by atoms with Gasteiger partial charge in [-0.15, -0.1) is 0 Å². The van der Waals surface area contributed by atoms with Crippen molar-refractivity contribution < 1.29 is 0 Å². The first kappa shape index (κ1) is 15.3. The van der Waals surface area contributed by atoms with E-state index in [2.05, 4.69) is 51.2 Å². The predicted molar refractivity (Wildman–Crippen MR) is 72.8 cm³/mol. The SMILES string of the molecule is CCNC(C)(C)CN(C)C(C)CCSC. The van der Waals surface area contributed by atoms with Gasteiger partial charge in [-0.2, -0.15) is 11.8 Å². The molecular formula is C12H28N2S. The highest BCUT2D eigenvalue weighted by Gasteiger charge is 2.20. The van der Waals surface area contributed by atoms with E-state index in [9.17, 15) is 0 Å². The fraction of sp³-hybridized carbons (Fsp3) is 1.00. The van der Waals surface area contributed by atoms with Crippen LogP contribution in [0.5, 0.6) is 0 Å². The molecule has 92 valence electrons. The van der Waals surface area contributed by atoms with Crippen LogP contribution < -0.4 is 5.32 Å². The molecule has 0 bridgehead atoms. The fourth-order valence-electron chi connectivity index (χ4n) is 1.82. The summed E-state index contributed by atoms with van der Waals surface area (Å²) in [5.41, 5.74) is 0.219. The molecule has 0 radical (unpaired) electrons. The van der Waals surface area contributed by atoms with E-state index in [4.69, 9.17) is 0 Å². The van der Waals surface area contributed by atoms with Gasteiger partial charge < -0.3 is 10.2 Å². The van der Waals surface area contributed by atoms with Gasteiger partial charge in [-0.1, -0.05) is 6.92 Å². The smallest absolute Gasteiger partial charge is 0.0252 e. The average Bonchev–Trinajstić information content (AvgIpc) is 2.13. The molecule has 0 aromatic rings. The first-order chi connectivity index (χ1) is 6.93. The third-order valence-corrected chi connectivity index (χ3v) is 3.44. The molecular weight excluding hydrogens is 204 g/mol. The van der Waals surface area contributed by atoms with Gasteiger partial charge in [0.25, 0.3) is 0 Å². The molecule has 15 heavy (non-hydrogen) atoms. The van der Waals surface area contributed by atoms with Crippen molar-refractivity contribution in [2.24, 2.45) is 0 Å². The first-order valence-electron chi connectivity index (χ1n) is 5.87. The monoisotopic (exact) mass is 232 g/mol. The van der Waals surface area contributed by atoms with E-state index >= 15 is 0 Å². The molecule has 0 aromatic heterocycles. The van der Waals surface area contributed by atoms with Gasteiger partial charge in [-0.25, -0.2) is 0 Å². The van der Waals surface area contributed by atoms with E-state index in [-0.39, 0.29) is 5.54 Å². The van der Waals surface area contributed by atoms with Crippen molar-refractivity contribution in [2.75, 3.05) is 32.1 Å². The summed E-state index contributed by atoms with van der Waals surface area (Å²) >= 11 is 1.93. The lowest BCUT2D eigenvalue weighted by Gasteiger charge is -2.34. The molecule has 0 aliphatic carbocycles. The summed E-state index contributed by atoms with van der Waals surface area (Å²) in [5.74, 6) is 1.26. The Balaban J connectivity index is 3.93. The lowest BCUT2D eigenvalue weighted by atomic mass is 10.0. The molecule has 0 saturated carbocycles. The molecule has 1 N–H and O–H groups in total. The zero-order chi connectivity index (χ0) is 11.9. The lowest BCUT2D eigenvalue weighted by Crippen LogP contribution is -2.50. The molecule has 1 unspecified atom stereocenters. The molecule has 0 spiro atoms. The van der Waals surface area contributed by atoms with Gasteiger partial charge in [0.05, 0.1) is 0 Å². The molecule has 0 amide bonds. The van der Waals surface area contributed by atoms with Crippen LogP contribution in [-0.4, -0.2) is 48.6 Å². The Kier molecular flexibility index (Phi) is 7.66. The molecule has 0 aliphatic rings. The molecule has 1 atom stereocenters. The van der Waals surface area contributed by atoms with E-state index in [1.54, 1.807) is 0 Å². The Hall–Kier alpha value is 0.270. The Morgan fingerprint density at radius 2 is 2.00 bits per heavy atom. The molecule has 0 aromatic carbocycles. The summed E-state index contributed by atoms with van der Waals surface area (Å²) in [6.07, 6.45) is 3.45. The average molecular weight is 232 g/mol. The topological polar surface area (TPSA) is 15.3 Å². The minimum atomic E-state index is 0.219. The van der Waals surface area contributed by atoms with Crippen molar-refractivity contribution in [1.29, 1.82) is 0 Å². The van der Waals surface area contributed by atoms with E-state index < -0.39 is 0 Å². The van der Waals surface area contributed by atoms with Crippen LogP contribution in [0.15, 0.2) is 0 Å². The minimum Gasteiger partial charge on any atom is -0.311 e. The summed E-state index contributed by atoms with van der Waals surface area (Å²) in [7, 11) is 2.23. The van der Waals surface area contributed by atoms with Gasteiger partial charge in [0.15, 0.2) is 0 Å². The van der Waals surface area contributed by atoms with Crippen molar-refractivity contribution in [2.45, 2.75) is 45.7 Å². The van der Waals surface area contributed by atoms with Crippen molar-refractivity contribution >= 4 is 11.8 Å². The van der Waals surface area contributed by atoms with Crippen molar-refractivity contribution in [1.82, 2.24) is 10.2 Å². The van der Waals surface area contributed by atoms with Gasteiger partial charge in [-0.3, -0.25) is 0 Å². The minimum absolute atomic E-state index is 0.219. The number of nitrogens with one attached hydrogen (secondary N) is 1. The lowest BCUT2D eigenvalue weighted by molar-refractivity contribution is 0.189. The molecule has 0 heterocycles. The second-order valence-corrected chi connectivity index (χ2v) is 5.95. The van der Waals surface area contributed by atoms with Gasteiger partial charge >= 0.3 is 0 Å². The summed E-state index contributed by atoms with van der Waals surface area (Å²) in [6, 6.07) is 0.676. The maximum Gasteiger partial charge on any atom is 0.0252 e. The van der Waals surface area contributed by atoms with Gasteiger partial charge in [0.2, 0.25) is 0 Å². The highest BCUT2D eigenvalue weighted by Crippen LogP contribution is 2.10. The van der Waals surface area contributed by atoms with Crippen molar-refractivity contribution in [3.63, 3.8) is 0 Å². The largest absolute Gasteiger partial charge is 0.311 e. The third kappa shape index (κ3) is 7.20.